The van der Waals surface area contributed by atoms with E-state index in [0.717, 1.165) is 43.0 Å². The number of ether oxygens (including phenoxy) is 1. The van der Waals surface area contributed by atoms with Gasteiger partial charge in [-0.05, 0) is 55.5 Å². The second-order valence-corrected chi connectivity index (χ2v) is 8.48. The van der Waals surface area contributed by atoms with Gasteiger partial charge in [-0.3, -0.25) is 14.6 Å². The first-order valence-corrected chi connectivity index (χ1v) is 11.4. The smallest absolute Gasteiger partial charge is 0.267 e. The Morgan fingerprint density at radius 2 is 2.03 bits per heavy atom. The maximum absolute atomic E-state index is 13.9. The molecule has 174 valence electrons. The number of carbonyl (C=O) groups excluding carboxylic acids is 2. The summed E-state index contributed by atoms with van der Waals surface area (Å²) >= 11 is 0. The van der Waals surface area contributed by atoms with E-state index >= 15 is 0 Å². The standard InChI is InChI=1S/C25H29FN4O3/c1-33-23-6-5-18(14-20(23)26)25(32)30-12-8-17(9-13-30)4-2-3-10-28-24(31)22-15-19-16-27-11-7-21(19)29-22/h5-7,11,14-17,29H,2-4,8-10,12-13H2,1H3,(H,28,31). The van der Waals surface area contributed by atoms with Gasteiger partial charge >= 0.3 is 0 Å². The highest BCUT2D eigenvalue weighted by atomic mass is 19.1. The summed E-state index contributed by atoms with van der Waals surface area (Å²) in [7, 11) is 1.40. The normalized spacial score (nSPS) is 14.4. The maximum atomic E-state index is 13.9. The molecule has 2 aromatic heterocycles. The third kappa shape index (κ3) is 5.50. The average Bonchev–Trinajstić information content (AvgIpc) is 3.28. The minimum atomic E-state index is -0.521. The second-order valence-electron chi connectivity index (χ2n) is 8.48. The minimum Gasteiger partial charge on any atom is -0.494 e. The molecule has 0 saturated carbocycles. The lowest BCUT2D eigenvalue weighted by Crippen LogP contribution is -2.38. The molecular formula is C25H29FN4O3. The van der Waals surface area contributed by atoms with E-state index in [0.29, 0.717) is 36.8 Å². The number of methoxy groups -OCH3 is 1. The number of nitrogens with one attached hydrogen (secondary N) is 2. The number of fused-ring (bicyclic) bond motifs is 1. The molecule has 2 amide bonds. The summed E-state index contributed by atoms with van der Waals surface area (Å²) in [6, 6.07) is 8.00. The molecule has 1 aliphatic heterocycles. The van der Waals surface area contributed by atoms with E-state index in [9.17, 15) is 14.0 Å². The highest BCUT2D eigenvalue weighted by molar-refractivity contribution is 5.97. The van der Waals surface area contributed by atoms with Gasteiger partial charge in [-0.25, -0.2) is 4.39 Å². The van der Waals surface area contributed by atoms with Crippen LogP contribution < -0.4 is 10.1 Å². The van der Waals surface area contributed by atoms with Gasteiger partial charge in [0.15, 0.2) is 11.6 Å². The molecule has 8 heteroatoms. The first-order valence-electron chi connectivity index (χ1n) is 11.4. The molecule has 1 fully saturated rings. The molecule has 4 rings (SSSR count). The number of likely N-dealkylation sites (tertiary alicyclic amines) is 1. The number of halogens is 1. The Labute approximate surface area is 192 Å². The summed E-state index contributed by atoms with van der Waals surface area (Å²) in [5.74, 6) is -0.0519. The van der Waals surface area contributed by atoms with Gasteiger partial charge in [0.1, 0.15) is 5.69 Å². The van der Waals surface area contributed by atoms with Crippen LogP contribution in [0.2, 0.25) is 0 Å². The van der Waals surface area contributed by atoms with Crippen LogP contribution in [0.3, 0.4) is 0 Å². The van der Waals surface area contributed by atoms with Crippen molar-refractivity contribution in [2.24, 2.45) is 5.92 Å². The third-order valence-electron chi connectivity index (χ3n) is 6.29. The van der Waals surface area contributed by atoms with E-state index in [-0.39, 0.29) is 17.6 Å². The first kappa shape index (κ1) is 22.8. The molecule has 0 spiro atoms. The molecule has 1 saturated heterocycles. The van der Waals surface area contributed by atoms with Gasteiger partial charge in [-0.2, -0.15) is 0 Å². The van der Waals surface area contributed by atoms with Gasteiger partial charge in [-0.1, -0.05) is 12.8 Å². The Kier molecular flexibility index (Phi) is 7.22. The molecule has 3 aromatic rings. The second kappa shape index (κ2) is 10.5. The predicted octanol–water partition coefficient (Wildman–Crippen LogP) is 4.16. The van der Waals surface area contributed by atoms with Crippen molar-refractivity contribution in [3.63, 3.8) is 0 Å². The van der Waals surface area contributed by atoms with Gasteiger partial charge in [0, 0.05) is 48.5 Å². The highest BCUT2D eigenvalue weighted by Crippen LogP contribution is 2.25. The fourth-order valence-electron chi connectivity index (χ4n) is 4.36. The zero-order valence-corrected chi connectivity index (χ0v) is 18.8. The molecule has 0 aliphatic carbocycles. The summed E-state index contributed by atoms with van der Waals surface area (Å²) in [4.78, 5) is 34.0. The maximum Gasteiger partial charge on any atom is 0.267 e. The van der Waals surface area contributed by atoms with Crippen LogP contribution in [0, 0.1) is 11.7 Å². The number of H-pyrrole nitrogens is 1. The molecule has 0 atom stereocenters. The van der Waals surface area contributed by atoms with Crippen molar-refractivity contribution in [1.29, 1.82) is 0 Å². The van der Waals surface area contributed by atoms with Crippen molar-refractivity contribution < 1.29 is 18.7 Å². The van der Waals surface area contributed by atoms with E-state index in [1.54, 1.807) is 23.4 Å². The number of unbranched alkanes of at least 4 members (excludes halogenated alkanes) is 1. The molecule has 7 nitrogen and oxygen atoms in total. The predicted molar refractivity (Wildman–Crippen MR) is 124 cm³/mol. The quantitative estimate of drug-likeness (QED) is 0.503. The Hall–Kier alpha value is -3.42. The number of hydrogen-bond acceptors (Lipinski definition) is 4. The van der Waals surface area contributed by atoms with Crippen LogP contribution in [-0.4, -0.2) is 53.4 Å². The van der Waals surface area contributed by atoms with E-state index in [2.05, 4.69) is 15.3 Å². The monoisotopic (exact) mass is 452 g/mol. The number of aromatic nitrogens is 2. The molecule has 3 heterocycles. The van der Waals surface area contributed by atoms with E-state index in [1.807, 2.05) is 12.1 Å². The molecule has 0 radical (unpaired) electrons. The number of nitrogens with zero attached hydrogens (tertiary/aromatic N) is 2. The van der Waals surface area contributed by atoms with Gasteiger partial charge < -0.3 is 19.9 Å². The van der Waals surface area contributed by atoms with Gasteiger partial charge in [0.2, 0.25) is 0 Å². The van der Waals surface area contributed by atoms with Gasteiger partial charge in [-0.15, -0.1) is 0 Å². The Morgan fingerprint density at radius 1 is 1.21 bits per heavy atom. The van der Waals surface area contributed by atoms with Crippen LogP contribution in [0.15, 0.2) is 42.7 Å². The van der Waals surface area contributed by atoms with Crippen LogP contribution in [0.5, 0.6) is 5.75 Å². The number of carbonyl (C=O) groups is 2. The van der Waals surface area contributed by atoms with Crippen LogP contribution in [0.25, 0.3) is 10.9 Å². The number of hydrogen-bond donors (Lipinski definition) is 2. The number of piperidine rings is 1. The summed E-state index contributed by atoms with van der Waals surface area (Å²) in [5.41, 5.74) is 1.80. The van der Waals surface area contributed by atoms with Crippen molar-refractivity contribution in [2.75, 3.05) is 26.7 Å². The molecule has 1 aromatic carbocycles. The number of amides is 2. The topological polar surface area (TPSA) is 87.3 Å². The van der Waals surface area contributed by atoms with Crippen LogP contribution in [0.4, 0.5) is 4.39 Å². The van der Waals surface area contributed by atoms with Crippen LogP contribution in [0.1, 0.15) is 53.0 Å². The van der Waals surface area contributed by atoms with Crippen LogP contribution >= 0.6 is 0 Å². The van der Waals surface area contributed by atoms with Gasteiger partial charge in [0.05, 0.1) is 7.11 Å². The van der Waals surface area contributed by atoms with Crippen molar-refractivity contribution in [2.45, 2.75) is 32.1 Å². The van der Waals surface area contributed by atoms with Crippen LogP contribution in [-0.2, 0) is 0 Å². The average molecular weight is 453 g/mol. The van der Waals surface area contributed by atoms with Crippen molar-refractivity contribution in [3.05, 3.63) is 59.8 Å². The lowest BCUT2D eigenvalue weighted by atomic mass is 9.91. The van der Waals surface area contributed by atoms with E-state index in [4.69, 9.17) is 4.74 Å². The highest BCUT2D eigenvalue weighted by Gasteiger charge is 2.24. The third-order valence-corrected chi connectivity index (χ3v) is 6.29. The van der Waals surface area contributed by atoms with Crippen molar-refractivity contribution in [3.8, 4) is 5.75 Å². The fourth-order valence-corrected chi connectivity index (χ4v) is 4.36. The number of rotatable bonds is 8. The van der Waals surface area contributed by atoms with E-state index in [1.165, 1.54) is 19.2 Å². The van der Waals surface area contributed by atoms with E-state index < -0.39 is 5.82 Å². The molecule has 2 N–H and O–H groups in total. The number of benzene rings is 1. The molecule has 0 bridgehead atoms. The van der Waals surface area contributed by atoms with Gasteiger partial charge in [0.25, 0.3) is 11.8 Å². The summed E-state index contributed by atoms with van der Waals surface area (Å²) in [6.45, 7) is 2.00. The Morgan fingerprint density at radius 3 is 2.76 bits per heavy atom. The molecular weight excluding hydrogens is 423 g/mol. The zero-order valence-electron chi connectivity index (χ0n) is 18.8. The van der Waals surface area contributed by atoms with Crippen molar-refractivity contribution >= 4 is 22.7 Å². The fraction of sp³-hybridized carbons (Fsp3) is 0.400. The number of pyridine rings is 1. The molecule has 0 unspecified atom stereocenters. The SMILES string of the molecule is COc1ccc(C(=O)N2CCC(CCCCNC(=O)c3cc4cnccc4[nH]3)CC2)cc1F. The zero-order chi connectivity index (χ0) is 23.2. The lowest BCUT2D eigenvalue weighted by molar-refractivity contribution is 0.0685. The lowest BCUT2D eigenvalue weighted by Gasteiger charge is -2.32. The number of aromatic amines is 1. The molecule has 33 heavy (non-hydrogen) atoms. The van der Waals surface area contributed by atoms with Crippen molar-refractivity contribution in [1.82, 2.24) is 20.2 Å². The summed E-state index contributed by atoms with van der Waals surface area (Å²) in [5, 5.41) is 3.89. The largest absolute Gasteiger partial charge is 0.494 e. The first-order chi connectivity index (χ1) is 16.0. The molecule has 1 aliphatic rings. The Balaban J connectivity index is 1.14. The summed E-state index contributed by atoms with van der Waals surface area (Å²) < 4.78 is 18.8. The summed E-state index contributed by atoms with van der Waals surface area (Å²) in [6.07, 6.45) is 8.33. The minimum absolute atomic E-state index is 0.104. The Bertz CT molecular complexity index is 1090.